The van der Waals surface area contributed by atoms with Crippen molar-refractivity contribution in [2.45, 2.75) is 32.4 Å². The highest BCUT2D eigenvalue weighted by Crippen LogP contribution is 2.11. The van der Waals surface area contributed by atoms with Crippen LogP contribution in [0.2, 0.25) is 0 Å². The lowest BCUT2D eigenvalue weighted by atomic mass is 10.0. The minimum absolute atomic E-state index is 0.120. The second-order valence-electron chi connectivity index (χ2n) is 5.06. The molecule has 0 bridgehead atoms. The van der Waals surface area contributed by atoms with Crippen LogP contribution in [0.25, 0.3) is 0 Å². The Kier molecular flexibility index (Phi) is 5.09. The molecule has 1 atom stereocenters. The first-order chi connectivity index (χ1) is 7.83. The molecule has 0 aromatic carbocycles. The van der Waals surface area contributed by atoms with Crippen molar-refractivity contribution in [1.29, 1.82) is 0 Å². The van der Waals surface area contributed by atoms with Crippen LogP contribution in [0.1, 0.15) is 20.8 Å². The maximum Gasteiger partial charge on any atom is 0.324 e. The molecule has 1 aliphatic rings. The molecule has 1 rings (SSSR count). The van der Waals surface area contributed by atoms with Gasteiger partial charge in [0.1, 0.15) is 5.54 Å². The largest absolute Gasteiger partial charge is 0.480 e. The van der Waals surface area contributed by atoms with E-state index in [1.807, 2.05) is 13.8 Å². The van der Waals surface area contributed by atoms with E-state index in [4.69, 9.17) is 0 Å². The molecule has 0 aliphatic carbocycles. The summed E-state index contributed by atoms with van der Waals surface area (Å²) in [5.41, 5.74) is -0.938. The maximum atomic E-state index is 11.3. The number of hydrogen-bond donors (Lipinski definition) is 2. The van der Waals surface area contributed by atoms with Crippen LogP contribution in [0.5, 0.6) is 0 Å². The monoisotopic (exact) mass is 262 g/mol. The van der Waals surface area contributed by atoms with E-state index in [9.17, 15) is 14.1 Å². The summed E-state index contributed by atoms with van der Waals surface area (Å²) in [5, 5.41) is 12.4. The summed E-state index contributed by atoms with van der Waals surface area (Å²) in [4.78, 5) is 13.4. The van der Waals surface area contributed by atoms with Crippen molar-refractivity contribution in [3.63, 3.8) is 0 Å². The molecule has 0 amide bonds. The van der Waals surface area contributed by atoms with Crippen LogP contribution in [0, 0.1) is 0 Å². The third-order valence-corrected chi connectivity index (χ3v) is 4.17. The van der Waals surface area contributed by atoms with Gasteiger partial charge in [-0.2, -0.15) is 0 Å². The third kappa shape index (κ3) is 4.37. The zero-order valence-electron chi connectivity index (χ0n) is 10.7. The molecule has 17 heavy (non-hydrogen) atoms. The van der Waals surface area contributed by atoms with Crippen molar-refractivity contribution < 1.29 is 14.1 Å². The first-order valence-electron chi connectivity index (χ1n) is 5.92. The van der Waals surface area contributed by atoms with Gasteiger partial charge in [0, 0.05) is 48.0 Å². The van der Waals surface area contributed by atoms with E-state index in [1.54, 1.807) is 6.92 Å². The van der Waals surface area contributed by atoms with Gasteiger partial charge in [0.25, 0.3) is 0 Å². The molecule has 1 aliphatic heterocycles. The van der Waals surface area contributed by atoms with E-state index in [-0.39, 0.29) is 6.04 Å². The molecule has 1 unspecified atom stereocenters. The van der Waals surface area contributed by atoms with Gasteiger partial charge in [-0.05, 0) is 20.8 Å². The number of rotatable bonds is 5. The topological polar surface area (TPSA) is 69.6 Å². The predicted octanol–water partition coefficient (Wildman–Crippen LogP) is -0.108. The average Bonchev–Trinajstić information content (AvgIpc) is 2.20. The Balaban J connectivity index is 2.60. The van der Waals surface area contributed by atoms with Gasteiger partial charge >= 0.3 is 5.97 Å². The van der Waals surface area contributed by atoms with Gasteiger partial charge in [0.2, 0.25) is 0 Å². The molecule has 0 spiro atoms. The van der Waals surface area contributed by atoms with Gasteiger partial charge in [-0.3, -0.25) is 19.2 Å². The van der Waals surface area contributed by atoms with E-state index >= 15 is 0 Å². The first-order valence-corrected chi connectivity index (χ1v) is 7.41. The minimum Gasteiger partial charge on any atom is -0.480 e. The number of aliphatic carboxylic acids is 1. The van der Waals surface area contributed by atoms with E-state index in [1.165, 1.54) is 0 Å². The molecule has 1 fully saturated rings. The summed E-state index contributed by atoms with van der Waals surface area (Å²) in [7, 11) is -0.720. The zero-order chi connectivity index (χ0) is 13.1. The molecule has 1 heterocycles. The Bertz CT molecular complexity index is 299. The molecular weight excluding hydrogens is 240 g/mol. The van der Waals surface area contributed by atoms with E-state index < -0.39 is 22.3 Å². The highest BCUT2D eigenvalue weighted by Gasteiger charge is 2.36. The number of hydrogen-bond acceptors (Lipinski definition) is 4. The summed E-state index contributed by atoms with van der Waals surface area (Å²) in [5.74, 6) is 0.465. The lowest BCUT2D eigenvalue weighted by Crippen LogP contribution is -2.60. The molecule has 5 nitrogen and oxygen atoms in total. The summed E-state index contributed by atoms with van der Waals surface area (Å²) in [6.45, 7) is 7.47. The van der Waals surface area contributed by atoms with Crippen molar-refractivity contribution in [1.82, 2.24) is 10.2 Å². The van der Waals surface area contributed by atoms with Crippen LogP contribution in [-0.2, 0) is 15.6 Å². The van der Waals surface area contributed by atoms with Crippen molar-refractivity contribution in [3.8, 4) is 0 Å². The third-order valence-electron chi connectivity index (χ3n) is 2.89. The predicted molar refractivity (Wildman–Crippen MR) is 68.6 cm³/mol. The highest BCUT2D eigenvalue weighted by molar-refractivity contribution is 7.85. The van der Waals surface area contributed by atoms with Crippen LogP contribution in [0.15, 0.2) is 0 Å². The van der Waals surface area contributed by atoms with Gasteiger partial charge < -0.3 is 5.11 Å². The molecule has 6 heteroatoms. The van der Waals surface area contributed by atoms with Crippen molar-refractivity contribution in [2.24, 2.45) is 0 Å². The smallest absolute Gasteiger partial charge is 0.324 e. The maximum absolute atomic E-state index is 11.3. The fourth-order valence-corrected chi connectivity index (χ4v) is 3.22. The van der Waals surface area contributed by atoms with E-state index in [2.05, 4.69) is 10.2 Å². The molecule has 1 saturated heterocycles. The van der Waals surface area contributed by atoms with Crippen LogP contribution >= 0.6 is 0 Å². The quantitative estimate of drug-likeness (QED) is 0.723. The van der Waals surface area contributed by atoms with Crippen LogP contribution < -0.4 is 5.32 Å². The Morgan fingerprint density at radius 2 is 2.00 bits per heavy atom. The second kappa shape index (κ2) is 5.93. The standard InChI is InChI=1S/C11H22N2O3S/c1-9(2)12-11(3,10(14)15)8-13-4-6-17(16)7-5-13/h9,12H,4-8H2,1-3H3,(H,14,15). The lowest BCUT2D eigenvalue weighted by molar-refractivity contribution is -0.145. The molecule has 2 N–H and O–H groups in total. The molecular formula is C11H22N2O3S. The zero-order valence-corrected chi connectivity index (χ0v) is 11.5. The molecule has 100 valence electrons. The number of carbonyl (C=O) groups is 1. The first kappa shape index (κ1) is 14.6. The van der Waals surface area contributed by atoms with Crippen molar-refractivity contribution in [3.05, 3.63) is 0 Å². The Labute approximate surface area is 105 Å². The summed E-state index contributed by atoms with van der Waals surface area (Å²) < 4.78 is 11.2. The van der Waals surface area contributed by atoms with Crippen LogP contribution in [-0.4, -0.2) is 62.9 Å². The van der Waals surface area contributed by atoms with Crippen LogP contribution in [0.4, 0.5) is 0 Å². The average molecular weight is 262 g/mol. The van der Waals surface area contributed by atoms with E-state index in [0.29, 0.717) is 18.1 Å². The number of nitrogens with one attached hydrogen (secondary N) is 1. The van der Waals surface area contributed by atoms with Crippen LogP contribution in [0.3, 0.4) is 0 Å². The Morgan fingerprint density at radius 3 is 2.41 bits per heavy atom. The summed E-state index contributed by atoms with van der Waals surface area (Å²) in [6.07, 6.45) is 0. The molecule has 0 saturated carbocycles. The number of carboxylic acid groups (broad SMARTS) is 1. The van der Waals surface area contributed by atoms with Gasteiger partial charge in [-0.25, -0.2) is 0 Å². The van der Waals surface area contributed by atoms with Crippen molar-refractivity contribution >= 4 is 16.8 Å². The fraction of sp³-hybridized carbons (Fsp3) is 0.909. The van der Waals surface area contributed by atoms with Gasteiger partial charge in [-0.1, -0.05) is 0 Å². The van der Waals surface area contributed by atoms with E-state index in [0.717, 1.165) is 13.1 Å². The Hall–Kier alpha value is -0.460. The normalized spacial score (nSPS) is 22.6. The summed E-state index contributed by atoms with van der Waals surface area (Å²) in [6, 6.07) is 0.120. The van der Waals surface area contributed by atoms with Gasteiger partial charge in [0.15, 0.2) is 0 Å². The SMILES string of the molecule is CC(C)NC(C)(CN1CCS(=O)CC1)C(=O)O. The molecule has 0 radical (unpaired) electrons. The van der Waals surface area contributed by atoms with Gasteiger partial charge in [0.05, 0.1) is 0 Å². The molecule has 0 aromatic rings. The van der Waals surface area contributed by atoms with Gasteiger partial charge in [-0.15, -0.1) is 0 Å². The second-order valence-corrected chi connectivity index (χ2v) is 6.76. The summed E-state index contributed by atoms with van der Waals surface area (Å²) >= 11 is 0. The number of nitrogens with zero attached hydrogens (tertiary/aromatic N) is 1. The lowest BCUT2D eigenvalue weighted by Gasteiger charge is -2.36. The Morgan fingerprint density at radius 1 is 1.47 bits per heavy atom. The molecule has 0 aromatic heterocycles. The van der Waals surface area contributed by atoms with Crippen molar-refractivity contribution in [2.75, 3.05) is 31.1 Å². The highest BCUT2D eigenvalue weighted by atomic mass is 32.2. The fourth-order valence-electron chi connectivity index (χ4n) is 2.09. The number of carboxylic acids is 1. The minimum atomic E-state index is -0.938.